The predicted octanol–water partition coefficient (Wildman–Crippen LogP) is 3.74. The van der Waals surface area contributed by atoms with E-state index in [1.54, 1.807) is 4.90 Å². The number of hydrogen-bond acceptors (Lipinski definition) is 7. The Hall–Kier alpha value is -2.93. The normalized spacial score (nSPS) is 17.3. The van der Waals surface area contributed by atoms with Gasteiger partial charge in [-0.05, 0) is 52.2 Å². The van der Waals surface area contributed by atoms with Gasteiger partial charge in [-0.1, -0.05) is 20.3 Å². The summed E-state index contributed by atoms with van der Waals surface area (Å²) in [5, 5.41) is 2.63. The summed E-state index contributed by atoms with van der Waals surface area (Å²) in [7, 11) is 1.52. The number of likely N-dealkylation sites (tertiary alicyclic amines) is 1. The number of amides is 1. The van der Waals surface area contributed by atoms with Crippen molar-refractivity contribution >= 4 is 31.9 Å². The molecule has 1 saturated heterocycles. The fraction of sp³-hybridized carbons (Fsp3) is 0.640. The summed E-state index contributed by atoms with van der Waals surface area (Å²) >= 11 is 0. The van der Waals surface area contributed by atoms with Crippen molar-refractivity contribution < 1.29 is 22.4 Å². The molecule has 0 radical (unpaired) electrons. The molecule has 1 heterocycles. The number of carbonyl (C=O) groups excluding carboxylic acids is 1. The number of rotatable bonds is 13. The van der Waals surface area contributed by atoms with E-state index in [2.05, 4.69) is 43.6 Å². The molecule has 1 aliphatic heterocycles. The van der Waals surface area contributed by atoms with Gasteiger partial charge in [-0.3, -0.25) is 29.6 Å². The van der Waals surface area contributed by atoms with E-state index in [4.69, 9.17) is 5.73 Å². The van der Waals surface area contributed by atoms with Crippen LogP contribution < -0.4 is 11.1 Å². The molecule has 0 bridgehead atoms. The Morgan fingerprint density at radius 2 is 1.76 bits per heavy atom. The van der Waals surface area contributed by atoms with Crippen molar-refractivity contribution in [1.29, 1.82) is 0 Å². The first-order chi connectivity index (χ1) is 18.1. The van der Waals surface area contributed by atoms with E-state index in [0.29, 0.717) is 12.1 Å². The Labute approximate surface area is 223 Å². The third-order valence-electron chi connectivity index (χ3n) is 5.17. The van der Waals surface area contributed by atoms with Crippen LogP contribution in [0.4, 0.5) is 17.6 Å². The number of nitrogens with zero attached hydrogens (tertiary/aromatic N) is 6. The van der Waals surface area contributed by atoms with Gasteiger partial charge < -0.3 is 11.1 Å². The zero-order valence-electron chi connectivity index (χ0n) is 22.7. The minimum atomic E-state index is -4.38. The third-order valence-corrected chi connectivity index (χ3v) is 5.17. The Kier molecular flexibility index (Phi) is 18.5. The molecule has 0 unspecified atom stereocenters. The first-order valence-electron chi connectivity index (χ1n) is 12.6. The molecule has 3 N–H and O–H groups in total. The van der Waals surface area contributed by atoms with Gasteiger partial charge >= 0.3 is 6.18 Å². The Morgan fingerprint density at radius 3 is 2.24 bits per heavy atom. The summed E-state index contributed by atoms with van der Waals surface area (Å²) in [4.78, 5) is 28.5. The highest BCUT2D eigenvalue weighted by atomic mass is 19.4. The zero-order chi connectivity index (χ0) is 29.0. The van der Waals surface area contributed by atoms with Gasteiger partial charge in [0.05, 0.1) is 13.1 Å². The van der Waals surface area contributed by atoms with Crippen LogP contribution in [0.15, 0.2) is 43.4 Å². The number of aliphatic imine (C=N–C) groups is 4. The lowest BCUT2D eigenvalue weighted by atomic mass is 10.1. The van der Waals surface area contributed by atoms with Crippen molar-refractivity contribution in [3.63, 3.8) is 0 Å². The van der Waals surface area contributed by atoms with Crippen LogP contribution in [-0.2, 0) is 4.79 Å². The molecule has 0 aromatic heterocycles. The Balaban J connectivity index is 0.000000944. The molecule has 0 spiro atoms. The third kappa shape index (κ3) is 17.5. The average Bonchev–Trinajstić information content (AvgIpc) is 3.71. The number of piperidine rings is 1. The zero-order valence-corrected chi connectivity index (χ0v) is 22.7. The second-order valence-corrected chi connectivity index (χ2v) is 8.34. The molecule has 38 heavy (non-hydrogen) atoms. The summed E-state index contributed by atoms with van der Waals surface area (Å²) in [5.74, 6) is -0.708. The fourth-order valence-electron chi connectivity index (χ4n) is 3.45. The average molecular weight is 547 g/mol. The highest BCUT2D eigenvalue weighted by Crippen LogP contribution is 2.28. The molecular weight excluding hydrogens is 504 g/mol. The molecule has 13 heteroatoms. The minimum Gasteiger partial charge on any atom is -0.371 e. The molecule has 1 amide bonds. The van der Waals surface area contributed by atoms with Crippen molar-refractivity contribution in [2.24, 2.45) is 25.7 Å². The molecule has 0 aromatic carbocycles. The van der Waals surface area contributed by atoms with E-state index in [-0.39, 0.29) is 30.9 Å². The number of hydrogen-bond donors (Lipinski definition) is 2. The maximum Gasteiger partial charge on any atom is 0.407 e. The molecule has 9 nitrogen and oxygen atoms in total. The van der Waals surface area contributed by atoms with E-state index in [1.165, 1.54) is 32.5 Å². The van der Waals surface area contributed by atoms with Gasteiger partial charge in [0.15, 0.2) is 11.6 Å². The molecule has 0 aromatic rings. The summed E-state index contributed by atoms with van der Waals surface area (Å²) in [6.45, 7) is 11.9. The first kappa shape index (κ1) is 35.1. The van der Waals surface area contributed by atoms with Gasteiger partial charge in [0.25, 0.3) is 0 Å². The lowest BCUT2D eigenvalue weighted by Crippen LogP contribution is -2.37. The summed E-state index contributed by atoms with van der Waals surface area (Å²) in [5.41, 5.74) is 5.45. The molecule has 2 rings (SSSR count). The number of primary amides is 1. The lowest BCUT2D eigenvalue weighted by Gasteiger charge is -2.24. The topological polar surface area (TPSA) is 111 Å². The molecular formula is C25H42F4N8O. The van der Waals surface area contributed by atoms with E-state index in [1.807, 2.05) is 13.8 Å². The Bertz CT molecular complexity index is 830. The van der Waals surface area contributed by atoms with Crippen LogP contribution in [0.3, 0.4) is 0 Å². The van der Waals surface area contributed by atoms with Gasteiger partial charge in [-0.25, -0.2) is 9.38 Å². The van der Waals surface area contributed by atoms with Crippen LogP contribution in [0, 0.1) is 0 Å². The predicted molar refractivity (Wildman–Crippen MR) is 148 cm³/mol. The molecule has 2 aliphatic rings. The summed E-state index contributed by atoms with van der Waals surface area (Å²) < 4.78 is 51.1. The van der Waals surface area contributed by atoms with Crippen LogP contribution in [0.2, 0.25) is 0 Å². The molecule has 1 aliphatic carbocycles. The van der Waals surface area contributed by atoms with Crippen LogP contribution in [0.1, 0.15) is 46.0 Å². The monoisotopic (exact) mass is 546 g/mol. The number of nitrogens with one attached hydrogen (secondary N) is 1. The van der Waals surface area contributed by atoms with Crippen molar-refractivity contribution in [2.45, 2.75) is 58.2 Å². The highest BCUT2D eigenvalue weighted by Gasteiger charge is 2.31. The van der Waals surface area contributed by atoms with E-state index >= 15 is 0 Å². The number of halogens is 4. The smallest absolute Gasteiger partial charge is 0.371 e. The second kappa shape index (κ2) is 20.1. The van der Waals surface area contributed by atoms with E-state index in [9.17, 15) is 22.4 Å². The van der Waals surface area contributed by atoms with Crippen LogP contribution in [-0.4, -0.2) is 100 Å². The van der Waals surface area contributed by atoms with E-state index in [0.717, 1.165) is 38.5 Å². The standard InChI is InChI=1S/C16H22F4N6.C7H14N2O.C2H6/c1-21-6-12(7-24-10-16(18,19)20)8-26(13-4-5-13)9-14(17)15(23-3)25-11-22-2;8-7(10)6-9-4-2-1-3-5-9;1-2/h6-7,11,13,23H,1-2,4-5,8-10H2,3H3;1-6H2,(H2,8,10);1-2H3/b12-6+,15-14+,24-7?,25-11-;;. The van der Waals surface area contributed by atoms with Crippen molar-refractivity contribution in [1.82, 2.24) is 15.1 Å². The number of nitrogens with two attached hydrogens (primary N) is 1. The molecule has 216 valence electrons. The van der Waals surface area contributed by atoms with Gasteiger partial charge in [0.2, 0.25) is 5.91 Å². The van der Waals surface area contributed by atoms with Gasteiger partial charge in [-0.2, -0.15) is 13.2 Å². The molecule has 0 atom stereocenters. The maximum absolute atomic E-state index is 14.4. The van der Waals surface area contributed by atoms with Crippen molar-refractivity contribution in [3.05, 3.63) is 23.4 Å². The van der Waals surface area contributed by atoms with Crippen LogP contribution in [0.5, 0.6) is 0 Å². The first-order valence-corrected chi connectivity index (χ1v) is 12.6. The van der Waals surface area contributed by atoms with Gasteiger partial charge in [-0.15, -0.1) is 0 Å². The lowest BCUT2D eigenvalue weighted by molar-refractivity contribution is -0.119. The summed E-state index contributed by atoms with van der Waals surface area (Å²) in [6.07, 6.45) is 4.64. The number of carbonyl (C=O) groups is 1. The summed E-state index contributed by atoms with van der Waals surface area (Å²) in [6, 6.07) is 0.143. The van der Waals surface area contributed by atoms with Crippen molar-refractivity contribution in [3.8, 4) is 0 Å². The maximum atomic E-state index is 14.4. The highest BCUT2D eigenvalue weighted by molar-refractivity contribution is 5.79. The minimum absolute atomic E-state index is 0.0150. The molecule has 2 fully saturated rings. The largest absolute Gasteiger partial charge is 0.407 e. The van der Waals surface area contributed by atoms with Gasteiger partial charge in [0.1, 0.15) is 12.9 Å². The SMILES string of the molecule is C=N/C=N\C(NC)=C(\F)CN(C/C(C=NCC(F)(F)F)=C/N=C)C1CC1.CC.NC(=O)CN1CCCCC1. The van der Waals surface area contributed by atoms with E-state index < -0.39 is 18.5 Å². The number of alkyl halides is 3. The second-order valence-electron chi connectivity index (χ2n) is 8.34. The molecule has 1 saturated carbocycles. The quantitative estimate of drug-likeness (QED) is 0.208. The van der Waals surface area contributed by atoms with Gasteiger partial charge in [0, 0.05) is 37.6 Å². The fourth-order valence-corrected chi connectivity index (χ4v) is 3.45. The van der Waals surface area contributed by atoms with Crippen LogP contribution in [0.25, 0.3) is 0 Å². The Morgan fingerprint density at radius 1 is 1.13 bits per heavy atom. The van der Waals surface area contributed by atoms with Crippen LogP contribution >= 0.6 is 0 Å². The van der Waals surface area contributed by atoms with Crippen molar-refractivity contribution in [2.75, 3.05) is 46.3 Å².